The number of imidazole rings is 1. The largest absolute Gasteiger partial charge is 0.457 e. The van der Waals surface area contributed by atoms with Crippen LogP contribution >= 0.6 is 0 Å². The summed E-state index contributed by atoms with van der Waals surface area (Å²) in [6.45, 7) is 5.72. The number of fused-ring (bicyclic) bond motifs is 1. The minimum atomic E-state index is -4.44. The van der Waals surface area contributed by atoms with E-state index < -0.39 is 11.7 Å². The number of anilines is 2. The van der Waals surface area contributed by atoms with Crippen molar-refractivity contribution < 1.29 is 22.7 Å². The molecular formula is C29H32F3N7O2. The third-order valence-electron chi connectivity index (χ3n) is 7.03. The standard InChI is InChI=1S/C29H32F3N7O2/c1-37-13-15-39(16-14-37)12-4-10-34-27(40)25-19-23(9-11-33-25)41-22-7-8-26-24(18-22)36-28(38(26)2)35-21-6-3-5-20(17-21)29(30,31)32/h3,5-9,11,17-19H,4,10,12-16H2,1-2H3,(H,34,40)(H,35,36). The van der Waals surface area contributed by atoms with Crippen molar-refractivity contribution in [1.82, 2.24) is 29.7 Å². The molecule has 1 aliphatic heterocycles. The predicted octanol–water partition coefficient (Wildman–Crippen LogP) is 4.89. The van der Waals surface area contributed by atoms with Gasteiger partial charge in [0.05, 0.1) is 16.6 Å². The summed E-state index contributed by atoms with van der Waals surface area (Å²) in [5, 5.41) is 5.89. The molecule has 2 aromatic heterocycles. The Balaban J connectivity index is 1.20. The fraction of sp³-hybridized carbons (Fsp3) is 0.345. The van der Waals surface area contributed by atoms with Crippen molar-refractivity contribution in [1.29, 1.82) is 0 Å². The lowest BCUT2D eigenvalue weighted by Crippen LogP contribution is -2.45. The Morgan fingerprint density at radius 2 is 1.78 bits per heavy atom. The van der Waals surface area contributed by atoms with Crippen molar-refractivity contribution in [2.75, 3.05) is 51.6 Å². The average Bonchev–Trinajstić information content (AvgIpc) is 3.25. The number of ether oxygens (including phenoxy) is 1. The highest BCUT2D eigenvalue weighted by molar-refractivity contribution is 5.92. The zero-order valence-electron chi connectivity index (χ0n) is 22.9. The number of alkyl halides is 3. The number of rotatable bonds is 9. The monoisotopic (exact) mass is 567 g/mol. The number of nitrogens with zero attached hydrogens (tertiary/aromatic N) is 5. The van der Waals surface area contributed by atoms with E-state index in [-0.39, 0.29) is 17.3 Å². The topological polar surface area (TPSA) is 87.5 Å². The van der Waals surface area contributed by atoms with E-state index in [1.165, 1.54) is 12.3 Å². The first-order chi connectivity index (χ1) is 19.7. The maximum Gasteiger partial charge on any atom is 0.416 e. The number of aryl methyl sites for hydroxylation is 1. The lowest BCUT2D eigenvalue weighted by molar-refractivity contribution is -0.137. The summed E-state index contributed by atoms with van der Waals surface area (Å²) in [5.41, 5.74) is 1.14. The van der Waals surface area contributed by atoms with Gasteiger partial charge in [0.1, 0.15) is 17.2 Å². The molecule has 216 valence electrons. The van der Waals surface area contributed by atoms with Gasteiger partial charge in [0, 0.05) is 63.8 Å². The lowest BCUT2D eigenvalue weighted by Gasteiger charge is -2.32. The van der Waals surface area contributed by atoms with Crippen molar-refractivity contribution in [3.8, 4) is 11.5 Å². The Morgan fingerprint density at radius 3 is 2.56 bits per heavy atom. The molecule has 1 fully saturated rings. The second-order valence-electron chi connectivity index (χ2n) is 10.1. The summed E-state index contributed by atoms with van der Waals surface area (Å²) in [5.74, 6) is 1.05. The highest BCUT2D eigenvalue weighted by Crippen LogP contribution is 2.32. The molecule has 9 nitrogen and oxygen atoms in total. The van der Waals surface area contributed by atoms with E-state index in [4.69, 9.17) is 4.74 Å². The maximum absolute atomic E-state index is 13.1. The number of aromatic nitrogens is 3. The summed E-state index contributed by atoms with van der Waals surface area (Å²) in [4.78, 5) is 26.1. The van der Waals surface area contributed by atoms with Gasteiger partial charge in [0.15, 0.2) is 0 Å². The third kappa shape index (κ3) is 7.14. The predicted molar refractivity (Wildman–Crippen MR) is 151 cm³/mol. The quantitative estimate of drug-likeness (QED) is 0.279. The molecule has 1 amide bonds. The van der Waals surface area contributed by atoms with Crippen LogP contribution in [0.1, 0.15) is 22.5 Å². The number of pyridine rings is 1. The van der Waals surface area contributed by atoms with Crippen LogP contribution in [0.5, 0.6) is 11.5 Å². The van der Waals surface area contributed by atoms with Gasteiger partial charge in [-0.2, -0.15) is 13.2 Å². The van der Waals surface area contributed by atoms with Gasteiger partial charge in [0.2, 0.25) is 5.95 Å². The highest BCUT2D eigenvalue weighted by atomic mass is 19.4. The molecular weight excluding hydrogens is 535 g/mol. The lowest BCUT2D eigenvalue weighted by atomic mass is 10.2. The number of amides is 1. The number of piperazine rings is 1. The molecule has 4 aromatic rings. The smallest absolute Gasteiger partial charge is 0.416 e. The van der Waals surface area contributed by atoms with Crippen LogP contribution in [0, 0.1) is 0 Å². The molecule has 0 saturated carbocycles. The van der Waals surface area contributed by atoms with Crippen molar-refractivity contribution in [2.24, 2.45) is 7.05 Å². The zero-order valence-corrected chi connectivity index (χ0v) is 22.9. The van der Waals surface area contributed by atoms with Crippen LogP contribution in [0.4, 0.5) is 24.8 Å². The molecule has 0 spiro atoms. The number of benzene rings is 2. The summed E-state index contributed by atoms with van der Waals surface area (Å²) in [6, 6.07) is 13.5. The Bertz CT molecular complexity index is 1510. The van der Waals surface area contributed by atoms with Gasteiger partial charge < -0.3 is 29.7 Å². The zero-order chi connectivity index (χ0) is 29.0. The van der Waals surface area contributed by atoms with Crippen LogP contribution in [0.2, 0.25) is 0 Å². The number of carbonyl (C=O) groups is 1. The van der Waals surface area contributed by atoms with Crippen molar-refractivity contribution in [2.45, 2.75) is 12.6 Å². The maximum atomic E-state index is 13.1. The van der Waals surface area contributed by atoms with Gasteiger partial charge in [-0.15, -0.1) is 0 Å². The van der Waals surface area contributed by atoms with E-state index in [0.29, 0.717) is 29.5 Å². The van der Waals surface area contributed by atoms with E-state index in [0.717, 1.165) is 56.8 Å². The normalized spacial score (nSPS) is 14.8. The SMILES string of the molecule is CN1CCN(CCCNC(=O)c2cc(Oc3ccc4c(c3)nc(Nc3cccc(C(F)(F)F)c3)n4C)ccn2)CC1. The van der Waals surface area contributed by atoms with Crippen LogP contribution < -0.4 is 15.4 Å². The molecule has 5 rings (SSSR count). The van der Waals surface area contributed by atoms with Gasteiger partial charge in [-0.1, -0.05) is 6.07 Å². The second-order valence-corrected chi connectivity index (χ2v) is 10.1. The molecule has 41 heavy (non-hydrogen) atoms. The van der Waals surface area contributed by atoms with Gasteiger partial charge in [0.25, 0.3) is 5.91 Å². The van der Waals surface area contributed by atoms with Gasteiger partial charge in [-0.25, -0.2) is 4.98 Å². The van der Waals surface area contributed by atoms with Crippen molar-refractivity contribution >= 4 is 28.6 Å². The summed E-state index contributed by atoms with van der Waals surface area (Å²) in [7, 11) is 3.89. The van der Waals surface area contributed by atoms with Crippen LogP contribution in [-0.4, -0.2) is 76.6 Å². The first-order valence-corrected chi connectivity index (χ1v) is 13.4. The Hall–Kier alpha value is -4.16. The molecule has 0 unspecified atom stereocenters. The van der Waals surface area contributed by atoms with Crippen LogP contribution in [-0.2, 0) is 13.2 Å². The first kappa shape index (κ1) is 28.4. The molecule has 0 atom stereocenters. The minimum Gasteiger partial charge on any atom is -0.457 e. The number of hydrogen-bond donors (Lipinski definition) is 2. The molecule has 0 bridgehead atoms. The first-order valence-electron chi connectivity index (χ1n) is 13.4. The van der Waals surface area contributed by atoms with Crippen molar-refractivity contribution in [3.63, 3.8) is 0 Å². The van der Waals surface area contributed by atoms with Gasteiger partial charge >= 0.3 is 6.18 Å². The number of hydrogen-bond acceptors (Lipinski definition) is 7. The molecule has 2 aromatic carbocycles. The Kier molecular flexibility index (Phi) is 8.41. The number of carbonyl (C=O) groups excluding carboxylic acids is 1. The average molecular weight is 568 g/mol. The summed E-state index contributed by atoms with van der Waals surface area (Å²) in [6.07, 6.45) is -2.06. The summed E-state index contributed by atoms with van der Waals surface area (Å²) < 4.78 is 47.0. The van der Waals surface area contributed by atoms with Crippen molar-refractivity contribution in [3.05, 3.63) is 72.1 Å². The molecule has 1 aliphatic rings. The Morgan fingerprint density at radius 1 is 1.00 bits per heavy atom. The van der Waals surface area contributed by atoms with E-state index in [1.54, 1.807) is 41.9 Å². The minimum absolute atomic E-state index is 0.258. The van der Waals surface area contributed by atoms with Gasteiger partial charge in [-0.05, 0) is 56.4 Å². The van der Waals surface area contributed by atoms with E-state index in [2.05, 4.69) is 37.4 Å². The molecule has 0 radical (unpaired) electrons. The molecule has 3 heterocycles. The Labute approximate surface area is 235 Å². The number of likely N-dealkylation sites (N-methyl/N-ethyl adjacent to an activating group) is 1. The van der Waals surface area contributed by atoms with Crippen LogP contribution in [0.3, 0.4) is 0 Å². The second kappa shape index (κ2) is 12.1. The van der Waals surface area contributed by atoms with E-state index in [9.17, 15) is 18.0 Å². The number of halogens is 3. The highest BCUT2D eigenvalue weighted by Gasteiger charge is 2.30. The molecule has 2 N–H and O–H groups in total. The fourth-order valence-corrected chi connectivity index (χ4v) is 4.66. The van der Waals surface area contributed by atoms with E-state index in [1.807, 2.05) is 6.07 Å². The van der Waals surface area contributed by atoms with E-state index >= 15 is 0 Å². The van der Waals surface area contributed by atoms with Crippen LogP contribution in [0.15, 0.2) is 60.8 Å². The number of nitrogens with one attached hydrogen (secondary N) is 2. The van der Waals surface area contributed by atoms with Gasteiger partial charge in [-0.3, -0.25) is 9.78 Å². The van der Waals surface area contributed by atoms with Crippen LogP contribution in [0.25, 0.3) is 11.0 Å². The molecule has 12 heteroatoms. The third-order valence-corrected chi connectivity index (χ3v) is 7.03. The summed E-state index contributed by atoms with van der Waals surface area (Å²) >= 11 is 0. The fourth-order valence-electron chi connectivity index (χ4n) is 4.66. The molecule has 0 aliphatic carbocycles. The molecule has 1 saturated heterocycles.